The summed E-state index contributed by atoms with van der Waals surface area (Å²) in [6.45, 7) is 3.62. The molecule has 0 aromatic carbocycles. The van der Waals surface area contributed by atoms with Crippen LogP contribution in [-0.4, -0.2) is 87.5 Å². The van der Waals surface area contributed by atoms with Crippen molar-refractivity contribution >= 4 is 5.91 Å². The molecule has 1 fully saturated rings. The van der Waals surface area contributed by atoms with Crippen molar-refractivity contribution in [2.45, 2.75) is 249 Å². The average Bonchev–Trinajstić information content (AvgIpc) is 3.41. The Hall–Kier alpha value is -3.93. The van der Waals surface area contributed by atoms with Crippen LogP contribution in [0.5, 0.6) is 0 Å². The average molecular weight is 1040 g/mol. The van der Waals surface area contributed by atoms with E-state index in [-0.39, 0.29) is 12.5 Å². The highest BCUT2D eigenvalue weighted by molar-refractivity contribution is 5.76. The fraction of sp³-hybridized carbons (Fsp3) is 0.621. The number of hydrogen-bond acceptors (Lipinski definition) is 8. The molecule has 0 saturated carbocycles. The molecule has 0 aliphatic carbocycles. The Bertz CT molecular complexity index is 1680. The van der Waals surface area contributed by atoms with E-state index in [2.05, 4.69) is 153 Å². The van der Waals surface area contributed by atoms with Crippen LogP contribution in [0.2, 0.25) is 0 Å². The van der Waals surface area contributed by atoms with Crippen LogP contribution in [0.25, 0.3) is 0 Å². The number of allylic oxidation sites excluding steroid dienone is 23. The number of carbonyl (C=O) groups excluding carboxylic acids is 1. The van der Waals surface area contributed by atoms with Crippen LogP contribution in [0.1, 0.15) is 206 Å². The Morgan fingerprint density at radius 1 is 0.467 bits per heavy atom. The fourth-order valence-corrected chi connectivity index (χ4v) is 8.26. The van der Waals surface area contributed by atoms with Crippen LogP contribution in [0.4, 0.5) is 0 Å². The highest BCUT2D eigenvalue weighted by Crippen LogP contribution is 2.22. The van der Waals surface area contributed by atoms with Gasteiger partial charge in [-0.05, 0) is 109 Å². The van der Waals surface area contributed by atoms with E-state index < -0.39 is 49.5 Å². The smallest absolute Gasteiger partial charge is 0.220 e. The first kappa shape index (κ1) is 69.1. The first-order valence-corrected chi connectivity index (χ1v) is 29.6. The van der Waals surface area contributed by atoms with Crippen molar-refractivity contribution in [1.29, 1.82) is 0 Å². The van der Waals surface area contributed by atoms with Gasteiger partial charge in [-0.1, -0.05) is 237 Å². The molecule has 0 radical (unpaired) electrons. The zero-order valence-corrected chi connectivity index (χ0v) is 47.0. The number of unbranched alkanes of at least 4 members (excludes halogenated alkanes) is 16. The highest BCUT2D eigenvalue weighted by atomic mass is 16.7. The van der Waals surface area contributed by atoms with Crippen LogP contribution in [-0.2, 0) is 14.3 Å². The predicted molar refractivity (Wildman–Crippen MR) is 317 cm³/mol. The summed E-state index contributed by atoms with van der Waals surface area (Å²) in [5.41, 5.74) is 0. The molecular weight excluding hydrogens is 935 g/mol. The molecule has 9 heteroatoms. The molecule has 0 aromatic rings. The third kappa shape index (κ3) is 42.8. The largest absolute Gasteiger partial charge is 0.394 e. The van der Waals surface area contributed by atoms with Gasteiger partial charge in [0.15, 0.2) is 6.29 Å². The molecular formula is C66H107NO8. The maximum absolute atomic E-state index is 13.0. The van der Waals surface area contributed by atoms with E-state index in [9.17, 15) is 30.3 Å². The Morgan fingerprint density at radius 2 is 0.840 bits per heavy atom. The Labute approximate surface area is 457 Å². The molecule has 9 nitrogen and oxygen atoms in total. The van der Waals surface area contributed by atoms with Crippen LogP contribution in [0, 0.1) is 0 Å². The zero-order valence-electron chi connectivity index (χ0n) is 47.0. The van der Waals surface area contributed by atoms with Gasteiger partial charge in [0.2, 0.25) is 5.91 Å². The van der Waals surface area contributed by atoms with Crippen molar-refractivity contribution in [1.82, 2.24) is 5.32 Å². The second-order valence-corrected chi connectivity index (χ2v) is 19.7. The standard InChI is InChI=1S/C66H107NO8/c1-3-5-7-9-11-13-15-17-19-21-22-23-24-25-26-27-28-29-30-31-32-33-34-35-36-37-38-40-42-44-46-48-50-52-54-56-62(70)67-59(58-74-66-65(73)64(72)63(71)61(57-68)75-66)60(69)55-53-51-49-47-45-43-41-39-20-18-16-14-12-10-8-6-4-2/h5,7,11,13,17,19,22-23,25-26,28-29,31-32,34-35,37-38,42,44-45,47,53,55,59-61,63-66,68-69,71-73H,3-4,6,8-10,12,14-16,18,20-21,24,27,30,33,36,39-41,43,46,48-52,54,56-58H2,1-2H3,(H,67,70)/b7-5-,13-11-,19-17-,23-22-,26-25-,29-28-,32-31-,35-34-,38-37-,44-42-,47-45+,55-53+. The molecule has 6 N–H and O–H groups in total. The third-order valence-corrected chi connectivity index (χ3v) is 12.9. The number of aliphatic hydroxyl groups is 5. The predicted octanol–water partition coefficient (Wildman–Crippen LogP) is 15.1. The van der Waals surface area contributed by atoms with E-state index in [1.807, 2.05) is 6.08 Å². The normalized spacial score (nSPS) is 20.0. The van der Waals surface area contributed by atoms with Crippen molar-refractivity contribution in [2.24, 2.45) is 0 Å². The summed E-state index contributed by atoms with van der Waals surface area (Å²) < 4.78 is 11.2. The van der Waals surface area contributed by atoms with Gasteiger partial charge in [0.25, 0.3) is 0 Å². The van der Waals surface area contributed by atoms with Crippen LogP contribution >= 0.6 is 0 Å². The van der Waals surface area contributed by atoms with Gasteiger partial charge in [0.05, 0.1) is 25.4 Å². The lowest BCUT2D eigenvalue weighted by Crippen LogP contribution is -2.60. The molecule has 1 rings (SSSR count). The Kier molecular flexibility index (Phi) is 49.2. The number of nitrogens with one attached hydrogen (secondary N) is 1. The number of ether oxygens (including phenoxy) is 2. The first-order valence-electron chi connectivity index (χ1n) is 29.6. The van der Waals surface area contributed by atoms with Crippen LogP contribution in [0.3, 0.4) is 0 Å². The molecule has 7 atom stereocenters. The summed E-state index contributed by atoms with van der Waals surface area (Å²) >= 11 is 0. The van der Waals surface area contributed by atoms with Gasteiger partial charge in [0, 0.05) is 6.42 Å². The highest BCUT2D eigenvalue weighted by Gasteiger charge is 2.44. The van der Waals surface area contributed by atoms with Crippen molar-refractivity contribution in [3.63, 3.8) is 0 Å². The number of aliphatic hydroxyl groups excluding tert-OH is 5. The van der Waals surface area contributed by atoms with E-state index in [4.69, 9.17) is 9.47 Å². The monoisotopic (exact) mass is 1040 g/mol. The number of hydrogen-bond donors (Lipinski definition) is 6. The van der Waals surface area contributed by atoms with Crippen LogP contribution < -0.4 is 5.32 Å². The lowest BCUT2D eigenvalue weighted by Gasteiger charge is -2.40. The number of amides is 1. The lowest BCUT2D eigenvalue weighted by molar-refractivity contribution is -0.302. The summed E-state index contributed by atoms with van der Waals surface area (Å²) in [5.74, 6) is -0.218. The second-order valence-electron chi connectivity index (χ2n) is 19.7. The van der Waals surface area contributed by atoms with E-state index in [1.54, 1.807) is 6.08 Å². The molecule has 1 aliphatic rings. The number of rotatable bonds is 48. The fourth-order valence-electron chi connectivity index (χ4n) is 8.26. The summed E-state index contributed by atoms with van der Waals surface area (Å²) in [7, 11) is 0. The molecule has 1 heterocycles. The van der Waals surface area contributed by atoms with Gasteiger partial charge in [-0.2, -0.15) is 0 Å². The van der Waals surface area contributed by atoms with Crippen molar-refractivity contribution in [2.75, 3.05) is 13.2 Å². The second kappa shape index (κ2) is 53.5. The zero-order chi connectivity index (χ0) is 54.3. The van der Waals surface area contributed by atoms with Crippen molar-refractivity contribution in [3.05, 3.63) is 146 Å². The molecule has 0 bridgehead atoms. The first-order chi connectivity index (χ1) is 36.8. The van der Waals surface area contributed by atoms with Crippen molar-refractivity contribution in [3.8, 4) is 0 Å². The summed E-state index contributed by atoms with van der Waals surface area (Å²) in [5, 5.41) is 54.4. The molecule has 1 amide bonds. The lowest BCUT2D eigenvalue weighted by atomic mass is 9.99. The SMILES string of the molecule is CC/C=C\C/C=C\C/C=C\C/C=C\C/C=C\C/C=C\C/C=C\C/C=C\C/C=C\C/C=C\CCCCCCC(=O)NC(COC1OC(CO)C(O)C(O)C1O)C(O)/C=C/CC/C=C/CCCCCCCCCCCCC. The summed E-state index contributed by atoms with van der Waals surface area (Å²) in [6.07, 6.45) is 76.2. The minimum absolute atomic E-state index is 0.218. The van der Waals surface area contributed by atoms with Gasteiger partial charge in [-0.3, -0.25) is 4.79 Å². The maximum Gasteiger partial charge on any atom is 0.220 e. The van der Waals surface area contributed by atoms with Gasteiger partial charge in [-0.15, -0.1) is 0 Å². The molecule has 0 aromatic heterocycles. The quantitative estimate of drug-likeness (QED) is 0.0261. The van der Waals surface area contributed by atoms with Gasteiger partial charge >= 0.3 is 0 Å². The molecule has 1 aliphatic heterocycles. The van der Waals surface area contributed by atoms with E-state index >= 15 is 0 Å². The molecule has 424 valence electrons. The van der Waals surface area contributed by atoms with Crippen molar-refractivity contribution < 1.29 is 39.8 Å². The Balaban J connectivity index is 2.26. The molecule has 0 spiro atoms. The molecule has 75 heavy (non-hydrogen) atoms. The topological polar surface area (TPSA) is 149 Å². The van der Waals surface area contributed by atoms with Gasteiger partial charge in [-0.25, -0.2) is 0 Å². The molecule has 1 saturated heterocycles. The van der Waals surface area contributed by atoms with E-state index in [0.29, 0.717) is 12.8 Å². The van der Waals surface area contributed by atoms with Gasteiger partial charge in [0.1, 0.15) is 24.4 Å². The van der Waals surface area contributed by atoms with Gasteiger partial charge < -0.3 is 40.3 Å². The number of carbonyl (C=O) groups is 1. The third-order valence-electron chi connectivity index (χ3n) is 12.9. The summed E-state index contributed by atoms with van der Waals surface area (Å²) in [6, 6.07) is -0.847. The minimum atomic E-state index is -1.59. The van der Waals surface area contributed by atoms with Crippen LogP contribution in [0.15, 0.2) is 146 Å². The molecule has 7 unspecified atom stereocenters. The van der Waals surface area contributed by atoms with E-state index in [0.717, 1.165) is 109 Å². The Morgan fingerprint density at radius 3 is 1.28 bits per heavy atom. The summed E-state index contributed by atoms with van der Waals surface area (Å²) in [4.78, 5) is 13.0. The minimum Gasteiger partial charge on any atom is -0.394 e. The maximum atomic E-state index is 13.0. The van der Waals surface area contributed by atoms with E-state index in [1.165, 1.54) is 70.6 Å².